The topological polar surface area (TPSA) is 123 Å². The van der Waals surface area contributed by atoms with Crippen LogP contribution in [-0.4, -0.2) is 40.7 Å². The smallest absolute Gasteiger partial charge is 0.230 e. The molecule has 0 radical (unpaired) electrons. The van der Waals surface area contributed by atoms with Crippen molar-refractivity contribution in [2.24, 2.45) is 0 Å². The standard InChI is InChI=1S/C14H19N7OS/c1-21(2)10-5-3-9(4-6-10)7-17-11(22)8-23-14-19-12(15)18-13(16)20-14/h3-6H,7-8H2,1-2H3,(H,17,22)(H4,15,16,18,19,20). The van der Waals surface area contributed by atoms with Gasteiger partial charge >= 0.3 is 0 Å². The molecular formula is C14H19N7OS. The molecule has 2 rings (SSSR count). The summed E-state index contributed by atoms with van der Waals surface area (Å²) in [6.07, 6.45) is 0. The molecule has 122 valence electrons. The molecule has 1 heterocycles. The maximum absolute atomic E-state index is 11.9. The van der Waals surface area contributed by atoms with Gasteiger partial charge in [0.1, 0.15) is 0 Å². The van der Waals surface area contributed by atoms with Gasteiger partial charge in [0.15, 0.2) is 5.16 Å². The molecular weight excluding hydrogens is 314 g/mol. The molecule has 0 aliphatic heterocycles. The Kier molecular flexibility index (Phi) is 5.58. The summed E-state index contributed by atoms with van der Waals surface area (Å²) in [7, 11) is 3.96. The quantitative estimate of drug-likeness (QED) is 0.653. The maximum Gasteiger partial charge on any atom is 0.230 e. The number of carbonyl (C=O) groups excluding carboxylic acids is 1. The Balaban J connectivity index is 1.80. The minimum absolute atomic E-state index is 0.0430. The molecule has 0 spiro atoms. The maximum atomic E-state index is 11.9. The van der Waals surface area contributed by atoms with Gasteiger partial charge < -0.3 is 21.7 Å². The number of benzene rings is 1. The number of nitrogens with two attached hydrogens (primary N) is 2. The molecule has 1 aromatic heterocycles. The van der Waals surface area contributed by atoms with E-state index in [9.17, 15) is 4.79 Å². The second-order valence-electron chi connectivity index (χ2n) is 4.96. The van der Waals surface area contributed by atoms with Crippen LogP contribution in [0.4, 0.5) is 17.6 Å². The Hall–Kier alpha value is -2.55. The van der Waals surface area contributed by atoms with Gasteiger partial charge in [0, 0.05) is 26.3 Å². The van der Waals surface area contributed by atoms with Crippen molar-refractivity contribution in [2.75, 3.05) is 36.2 Å². The van der Waals surface area contributed by atoms with Gasteiger partial charge in [-0.2, -0.15) is 15.0 Å². The highest BCUT2D eigenvalue weighted by Crippen LogP contribution is 2.14. The van der Waals surface area contributed by atoms with E-state index in [-0.39, 0.29) is 23.6 Å². The number of nitrogens with one attached hydrogen (secondary N) is 1. The second kappa shape index (κ2) is 7.63. The fourth-order valence-electron chi connectivity index (χ4n) is 1.75. The van der Waals surface area contributed by atoms with Crippen molar-refractivity contribution in [2.45, 2.75) is 11.7 Å². The van der Waals surface area contributed by atoms with Gasteiger partial charge in [0.25, 0.3) is 0 Å². The highest BCUT2D eigenvalue weighted by Gasteiger charge is 2.07. The predicted octanol–water partition coefficient (Wildman–Crippen LogP) is 0.511. The average Bonchev–Trinajstić information content (AvgIpc) is 2.50. The molecule has 0 saturated carbocycles. The Morgan fingerprint density at radius 3 is 2.30 bits per heavy atom. The molecule has 0 aliphatic rings. The summed E-state index contributed by atoms with van der Waals surface area (Å²) in [5.74, 6) is 0.144. The van der Waals surface area contributed by atoms with E-state index in [0.29, 0.717) is 11.7 Å². The van der Waals surface area contributed by atoms with E-state index in [0.717, 1.165) is 23.0 Å². The van der Waals surface area contributed by atoms with Crippen LogP contribution in [0.15, 0.2) is 29.4 Å². The van der Waals surface area contributed by atoms with Crippen molar-refractivity contribution >= 4 is 35.3 Å². The highest BCUT2D eigenvalue weighted by molar-refractivity contribution is 7.99. The molecule has 8 nitrogen and oxygen atoms in total. The number of anilines is 3. The normalized spacial score (nSPS) is 10.3. The third-order valence-corrected chi connectivity index (χ3v) is 3.77. The van der Waals surface area contributed by atoms with Crippen molar-refractivity contribution in [1.82, 2.24) is 20.3 Å². The Bertz CT molecular complexity index is 655. The van der Waals surface area contributed by atoms with Gasteiger partial charge in [-0.25, -0.2) is 0 Å². The van der Waals surface area contributed by atoms with E-state index < -0.39 is 0 Å². The minimum atomic E-state index is -0.121. The lowest BCUT2D eigenvalue weighted by Gasteiger charge is -2.12. The van der Waals surface area contributed by atoms with E-state index in [2.05, 4.69) is 20.3 Å². The third kappa shape index (κ3) is 5.29. The van der Waals surface area contributed by atoms with E-state index in [4.69, 9.17) is 11.5 Å². The summed E-state index contributed by atoms with van der Waals surface area (Å²) in [6.45, 7) is 0.467. The molecule has 0 atom stereocenters. The molecule has 0 fully saturated rings. The van der Waals surface area contributed by atoms with Crippen LogP contribution in [-0.2, 0) is 11.3 Å². The monoisotopic (exact) mass is 333 g/mol. The third-order valence-electron chi connectivity index (χ3n) is 2.92. The number of amides is 1. The van der Waals surface area contributed by atoms with Gasteiger partial charge in [-0.15, -0.1) is 0 Å². The molecule has 0 unspecified atom stereocenters. The molecule has 0 aliphatic carbocycles. The summed E-state index contributed by atoms with van der Waals surface area (Å²) in [6, 6.07) is 7.98. The molecule has 2 aromatic rings. The van der Waals surface area contributed by atoms with Crippen LogP contribution >= 0.6 is 11.8 Å². The fraction of sp³-hybridized carbons (Fsp3) is 0.286. The van der Waals surface area contributed by atoms with Crippen molar-refractivity contribution in [3.8, 4) is 0 Å². The van der Waals surface area contributed by atoms with Crippen molar-refractivity contribution in [1.29, 1.82) is 0 Å². The van der Waals surface area contributed by atoms with Gasteiger partial charge in [0.05, 0.1) is 5.75 Å². The van der Waals surface area contributed by atoms with E-state index in [1.807, 2.05) is 43.3 Å². The zero-order valence-corrected chi connectivity index (χ0v) is 13.8. The van der Waals surface area contributed by atoms with Crippen molar-refractivity contribution < 1.29 is 4.79 Å². The lowest BCUT2D eigenvalue weighted by molar-refractivity contribution is -0.118. The summed E-state index contributed by atoms with van der Waals surface area (Å²) in [4.78, 5) is 25.4. The zero-order chi connectivity index (χ0) is 16.8. The van der Waals surface area contributed by atoms with E-state index >= 15 is 0 Å². The highest BCUT2D eigenvalue weighted by atomic mass is 32.2. The first kappa shape index (κ1) is 16.8. The number of nitrogen functional groups attached to an aromatic ring is 2. The van der Waals surface area contributed by atoms with E-state index in [1.165, 1.54) is 0 Å². The number of hydrogen-bond acceptors (Lipinski definition) is 8. The number of nitrogens with zero attached hydrogens (tertiary/aromatic N) is 4. The van der Waals surface area contributed by atoms with Crippen LogP contribution < -0.4 is 21.7 Å². The summed E-state index contributed by atoms with van der Waals surface area (Å²) >= 11 is 1.16. The number of rotatable bonds is 6. The number of aromatic nitrogens is 3. The fourth-order valence-corrected chi connectivity index (χ4v) is 2.43. The molecule has 1 aromatic carbocycles. The van der Waals surface area contributed by atoms with Crippen molar-refractivity contribution in [3.05, 3.63) is 29.8 Å². The molecule has 5 N–H and O–H groups in total. The Morgan fingerprint density at radius 1 is 1.13 bits per heavy atom. The van der Waals surface area contributed by atoms with Crippen LogP contribution in [0.2, 0.25) is 0 Å². The largest absolute Gasteiger partial charge is 0.378 e. The number of thioether (sulfide) groups is 1. The van der Waals surface area contributed by atoms with Crippen LogP contribution in [0.1, 0.15) is 5.56 Å². The van der Waals surface area contributed by atoms with Crippen molar-refractivity contribution in [3.63, 3.8) is 0 Å². The zero-order valence-electron chi connectivity index (χ0n) is 13.0. The van der Waals surface area contributed by atoms with Gasteiger partial charge in [-0.3, -0.25) is 4.79 Å². The lowest BCUT2D eigenvalue weighted by atomic mass is 10.2. The summed E-state index contributed by atoms with van der Waals surface area (Å²) in [5, 5.41) is 3.17. The van der Waals surface area contributed by atoms with E-state index in [1.54, 1.807) is 0 Å². The van der Waals surface area contributed by atoms with Crippen LogP contribution in [0.3, 0.4) is 0 Å². The van der Waals surface area contributed by atoms with Crippen LogP contribution in [0, 0.1) is 0 Å². The first-order valence-electron chi connectivity index (χ1n) is 6.87. The second-order valence-corrected chi connectivity index (χ2v) is 5.90. The Morgan fingerprint density at radius 2 is 1.74 bits per heavy atom. The van der Waals surface area contributed by atoms with Gasteiger partial charge in [-0.05, 0) is 17.7 Å². The molecule has 0 bridgehead atoms. The lowest BCUT2D eigenvalue weighted by Crippen LogP contribution is -2.24. The Labute approximate surface area is 138 Å². The molecule has 1 amide bonds. The van der Waals surface area contributed by atoms with Gasteiger partial charge in [0.2, 0.25) is 17.8 Å². The summed E-state index contributed by atoms with van der Waals surface area (Å²) < 4.78 is 0. The first-order chi connectivity index (χ1) is 10.9. The molecule has 23 heavy (non-hydrogen) atoms. The van der Waals surface area contributed by atoms with Crippen LogP contribution in [0.5, 0.6) is 0 Å². The van der Waals surface area contributed by atoms with Gasteiger partial charge in [-0.1, -0.05) is 23.9 Å². The van der Waals surface area contributed by atoms with Crippen LogP contribution in [0.25, 0.3) is 0 Å². The average molecular weight is 333 g/mol. The number of hydrogen-bond donors (Lipinski definition) is 3. The predicted molar refractivity (Wildman–Crippen MR) is 92.0 cm³/mol. The number of carbonyl (C=O) groups is 1. The first-order valence-corrected chi connectivity index (χ1v) is 7.85. The SMILES string of the molecule is CN(C)c1ccc(CNC(=O)CSc2nc(N)nc(N)n2)cc1. The summed E-state index contributed by atoms with van der Waals surface area (Å²) in [5.41, 5.74) is 13.1. The minimum Gasteiger partial charge on any atom is -0.378 e. The molecule has 0 saturated heterocycles. The molecule has 9 heteroatoms.